The molecule has 0 aliphatic carbocycles. The average Bonchev–Trinajstić information content (AvgIpc) is 2.42. The van der Waals surface area contributed by atoms with E-state index in [4.69, 9.17) is 4.74 Å². The molecule has 0 amide bonds. The number of H-pyrrole nitrogens is 1. The Bertz CT molecular complexity index is 774. The number of carbonyl (C=O) groups is 1. The number of nitrogens with zero attached hydrogens (tertiary/aromatic N) is 1. The Morgan fingerprint density at radius 3 is 2.75 bits per heavy atom. The van der Waals surface area contributed by atoms with Crippen molar-refractivity contribution in [3.63, 3.8) is 0 Å². The highest BCUT2D eigenvalue weighted by Crippen LogP contribution is 2.15. The van der Waals surface area contributed by atoms with Crippen molar-refractivity contribution >= 4 is 17.0 Å². The number of aromatic carboxylic acids is 1. The summed E-state index contributed by atoms with van der Waals surface area (Å²) >= 11 is 0. The molecule has 0 aliphatic rings. The van der Waals surface area contributed by atoms with E-state index in [-0.39, 0.29) is 23.7 Å². The van der Waals surface area contributed by atoms with E-state index in [9.17, 15) is 19.5 Å². The summed E-state index contributed by atoms with van der Waals surface area (Å²) in [6, 6.07) is 4.45. The molecule has 2 aromatic rings. The largest absolute Gasteiger partial charge is 0.478 e. The molecule has 0 spiro atoms. The number of carboxylic acid groups (broad SMARTS) is 1. The summed E-state index contributed by atoms with van der Waals surface area (Å²) in [6.45, 7) is 1.82. The van der Waals surface area contributed by atoms with Crippen LogP contribution in [0.3, 0.4) is 0 Å². The van der Waals surface area contributed by atoms with Gasteiger partial charge >= 0.3 is 17.1 Å². The molecule has 1 unspecified atom stereocenters. The molecule has 0 bridgehead atoms. The highest BCUT2D eigenvalue weighted by molar-refractivity contribution is 6.00. The van der Waals surface area contributed by atoms with Gasteiger partial charge in [0, 0.05) is 7.11 Å². The summed E-state index contributed by atoms with van der Waals surface area (Å²) in [5.74, 6) is -1.17. The maximum Gasteiger partial charge on any atom is 0.337 e. The number of carboxylic acids is 1. The van der Waals surface area contributed by atoms with E-state index in [1.54, 1.807) is 13.0 Å². The maximum atomic E-state index is 12.0. The highest BCUT2D eigenvalue weighted by Gasteiger charge is 2.16. The molecule has 1 heterocycles. The average molecular weight is 278 g/mol. The first-order valence-electron chi connectivity index (χ1n) is 5.97. The van der Waals surface area contributed by atoms with Gasteiger partial charge in [0.2, 0.25) is 0 Å². The van der Waals surface area contributed by atoms with Crippen LogP contribution in [-0.4, -0.2) is 33.8 Å². The molecule has 0 radical (unpaired) electrons. The van der Waals surface area contributed by atoms with Gasteiger partial charge in [-0.1, -0.05) is 6.07 Å². The van der Waals surface area contributed by atoms with Gasteiger partial charge in [-0.05, 0) is 19.1 Å². The van der Waals surface area contributed by atoms with Gasteiger partial charge in [-0.25, -0.2) is 4.79 Å². The molecule has 1 aromatic heterocycles. The topological polar surface area (TPSA) is 101 Å². The Morgan fingerprint density at radius 1 is 1.45 bits per heavy atom. The van der Waals surface area contributed by atoms with Crippen molar-refractivity contribution in [1.29, 1.82) is 0 Å². The van der Waals surface area contributed by atoms with Crippen LogP contribution in [0.2, 0.25) is 0 Å². The van der Waals surface area contributed by atoms with Crippen molar-refractivity contribution in [2.75, 3.05) is 7.11 Å². The van der Waals surface area contributed by atoms with Crippen LogP contribution in [0, 0.1) is 0 Å². The molecule has 7 nitrogen and oxygen atoms in total. The third kappa shape index (κ3) is 2.35. The van der Waals surface area contributed by atoms with Gasteiger partial charge in [0.25, 0.3) is 0 Å². The smallest absolute Gasteiger partial charge is 0.337 e. The maximum absolute atomic E-state index is 12.0. The first kappa shape index (κ1) is 14.0. The van der Waals surface area contributed by atoms with Crippen LogP contribution in [0.15, 0.2) is 27.8 Å². The van der Waals surface area contributed by atoms with Crippen molar-refractivity contribution in [2.24, 2.45) is 0 Å². The summed E-state index contributed by atoms with van der Waals surface area (Å²) in [6.07, 6.45) is -0.334. The van der Waals surface area contributed by atoms with E-state index < -0.39 is 17.1 Å². The Morgan fingerprint density at radius 2 is 2.15 bits per heavy atom. The molecule has 0 saturated heterocycles. The Labute approximate surface area is 113 Å². The summed E-state index contributed by atoms with van der Waals surface area (Å²) in [5.41, 5.74) is -1.14. The molecule has 1 aromatic carbocycles. The van der Waals surface area contributed by atoms with E-state index in [1.807, 2.05) is 0 Å². The van der Waals surface area contributed by atoms with Gasteiger partial charge in [-0.2, -0.15) is 0 Å². The monoisotopic (exact) mass is 278 g/mol. The van der Waals surface area contributed by atoms with E-state index in [0.717, 1.165) is 4.57 Å². The molecule has 106 valence electrons. The normalized spacial score (nSPS) is 12.5. The van der Waals surface area contributed by atoms with Crippen LogP contribution < -0.4 is 11.1 Å². The molecule has 2 rings (SSSR count). The van der Waals surface area contributed by atoms with Crippen LogP contribution in [0.4, 0.5) is 0 Å². The van der Waals surface area contributed by atoms with Crippen molar-refractivity contribution in [2.45, 2.75) is 19.6 Å². The van der Waals surface area contributed by atoms with Crippen molar-refractivity contribution in [3.8, 4) is 0 Å². The number of aromatic amines is 1. The molecule has 2 N–H and O–H groups in total. The summed E-state index contributed by atoms with van der Waals surface area (Å²) in [4.78, 5) is 37.3. The van der Waals surface area contributed by atoms with E-state index in [2.05, 4.69) is 4.98 Å². The molecule has 20 heavy (non-hydrogen) atoms. The fraction of sp³-hybridized carbons (Fsp3) is 0.308. The zero-order chi connectivity index (χ0) is 14.9. The van der Waals surface area contributed by atoms with Crippen LogP contribution in [0.5, 0.6) is 0 Å². The minimum Gasteiger partial charge on any atom is -0.478 e. The van der Waals surface area contributed by atoms with Crippen molar-refractivity contribution in [3.05, 3.63) is 44.5 Å². The molecular formula is C13H14N2O5. The van der Waals surface area contributed by atoms with Crippen LogP contribution in [0.25, 0.3) is 11.0 Å². The third-order valence-corrected chi connectivity index (χ3v) is 3.07. The Balaban J connectivity index is 2.87. The molecule has 1 atom stereocenters. The van der Waals surface area contributed by atoms with Crippen LogP contribution in [-0.2, 0) is 11.3 Å². The zero-order valence-corrected chi connectivity index (χ0v) is 11.0. The van der Waals surface area contributed by atoms with Gasteiger partial charge < -0.3 is 14.8 Å². The third-order valence-electron chi connectivity index (χ3n) is 3.07. The van der Waals surface area contributed by atoms with Gasteiger partial charge in [-0.15, -0.1) is 0 Å². The number of hydrogen-bond donors (Lipinski definition) is 2. The van der Waals surface area contributed by atoms with E-state index in [1.165, 1.54) is 19.2 Å². The van der Waals surface area contributed by atoms with Gasteiger partial charge in [0.1, 0.15) is 0 Å². The minimum atomic E-state index is -1.17. The molecule has 7 heteroatoms. The lowest BCUT2D eigenvalue weighted by Crippen LogP contribution is -2.39. The number of hydrogen-bond acceptors (Lipinski definition) is 4. The minimum absolute atomic E-state index is 0.0425. The number of para-hydroxylation sites is 1. The second-order valence-corrected chi connectivity index (χ2v) is 4.42. The van der Waals surface area contributed by atoms with Gasteiger partial charge in [0.05, 0.1) is 29.2 Å². The Hall–Kier alpha value is -2.41. The predicted octanol–water partition coefficient (Wildman–Crippen LogP) is 0.423. The second kappa shape index (κ2) is 5.30. The zero-order valence-electron chi connectivity index (χ0n) is 11.0. The quantitative estimate of drug-likeness (QED) is 0.789. The number of nitrogens with one attached hydrogen (secondary N) is 1. The van der Waals surface area contributed by atoms with Crippen molar-refractivity contribution < 1.29 is 14.6 Å². The number of ether oxygens (including phenoxy) is 1. The van der Waals surface area contributed by atoms with E-state index in [0.29, 0.717) is 5.52 Å². The van der Waals surface area contributed by atoms with Crippen molar-refractivity contribution in [1.82, 2.24) is 9.55 Å². The second-order valence-electron chi connectivity index (χ2n) is 4.42. The van der Waals surface area contributed by atoms with E-state index >= 15 is 0 Å². The van der Waals surface area contributed by atoms with Gasteiger partial charge in [-0.3, -0.25) is 14.2 Å². The summed E-state index contributed by atoms with van der Waals surface area (Å²) < 4.78 is 6.22. The molecule has 0 saturated carbocycles. The number of fused-ring (bicyclic) bond motifs is 1. The number of benzene rings is 1. The first-order chi connectivity index (χ1) is 9.45. The van der Waals surface area contributed by atoms with Crippen LogP contribution >= 0.6 is 0 Å². The lowest BCUT2D eigenvalue weighted by atomic mass is 10.1. The first-order valence-corrected chi connectivity index (χ1v) is 5.97. The summed E-state index contributed by atoms with van der Waals surface area (Å²) in [5, 5.41) is 9.22. The Kier molecular flexibility index (Phi) is 3.71. The SMILES string of the molecule is COC(C)Cn1c(=O)c(=O)[nH]c2cccc(C(=O)O)c21. The molecule has 0 aliphatic heterocycles. The fourth-order valence-corrected chi connectivity index (χ4v) is 2.01. The predicted molar refractivity (Wildman–Crippen MR) is 72.3 cm³/mol. The lowest BCUT2D eigenvalue weighted by molar-refractivity contribution is 0.0697. The number of aromatic nitrogens is 2. The lowest BCUT2D eigenvalue weighted by Gasteiger charge is -2.15. The fourth-order valence-electron chi connectivity index (χ4n) is 2.01. The summed E-state index contributed by atoms with van der Waals surface area (Å²) in [7, 11) is 1.48. The van der Waals surface area contributed by atoms with Crippen LogP contribution in [0.1, 0.15) is 17.3 Å². The molecule has 0 fully saturated rings. The van der Waals surface area contributed by atoms with Gasteiger partial charge in [0.15, 0.2) is 0 Å². The number of rotatable bonds is 4. The highest BCUT2D eigenvalue weighted by atomic mass is 16.5. The standard InChI is InChI=1S/C13H14N2O5/c1-7(20-2)6-15-10-8(13(18)19)4-3-5-9(10)14-11(16)12(15)17/h3-5,7H,6H2,1-2H3,(H,14,16)(H,18,19). The number of methoxy groups -OCH3 is 1. The molecular weight excluding hydrogens is 264 g/mol.